The van der Waals surface area contributed by atoms with Crippen molar-refractivity contribution < 1.29 is 0 Å². The number of guanidine groups is 1. The molecule has 2 N–H and O–H groups in total. The number of aliphatic imine (C=N–C) groups is 1. The number of aryl methyl sites for hydroxylation is 2. The Morgan fingerprint density at radius 2 is 2.20 bits per heavy atom. The van der Waals surface area contributed by atoms with Gasteiger partial charge in [0.1, 0.15) is 0 Å². The van der Waals surface area contributed by atoms with Crippen LogP contribution in [0, 0.1) is 6.92 Å². The Labute approximate surface area is 148 Å². The lowest BCUT2D eigenvalue weighted by atomic mass is 10.1. The molecular formula is C17H28N8. The van der Waals surface area contributed by atoms with Gasteiger partial charge in [-0.1, -0.05) is 0 Å². The molecule has 1 fully saturated rings. The van der Waals surface area contributed by atoms with Crippen molar-refractivity contribution in [3.63, 3.8) is 0 Å². The van der Waals surface area contributed by atoms with Crippen LogP contribution in [0.2, 0.25) is 0 Å². The molecule has 8 heteroatoms. The first-order valence-electron chi connectivity index (χ1n) is 8.84. The van der Waals surface area contributed by atoms with Crippen molar-refractivity contribution in [2.45, 2.75) is 32.4 Å². The fourth-order valence-corrected chi connectivity index (χ4v) is 3.17. The van der Waals surface area contributed by atoms with Gasteiger partial charge in [-0.3, -0.25) is 14.4 Å². The quantitative estimate of drug-likeness (QED) is 0.619. The second kappa shape index (κ2) is 8.04. The van der Waals surface area contributed by atoms with E-state index in [1.54, 1.807) is 0 Å². The maximum absolute atomic E-state index is 4.35. The highest BCUT2D eigenvalue weighted by atomic mass is 15.3. The molecule has 8 nitrogen and oxygen atoms in total. The van der Waals surface area contributed by atoms with Crippen LogP contribution in [0.3, 0.4) is 0 Å². The third kappa shape index (κ3) is 4.74. The first kappa shape index (κ1) is 17.3. The van der Waals surface area contributed by atoms with E-state index >= 15 is 0 Å². The molecule has 1 saturated heterocycles. The lowest BCUT2D eigenvalue weighted by molar-refractivity contribution is 0.466. The van der Waals surface area contributed by atoms with Crippen LogP contribution in [0.15, 0.2) is 29.8 Å². The summed E-state index contributed by atoms with van der Waals surface area (Å²) in [5, 5.41) is 15.5. The molecule has 136 valence electrons. The van der Waals surface area contributed by atoms with E-state index in [0.29, 0.717) is 6.04 Å². The molecule has 0 aromatic carbocycles. The molecule has 25 heavy (non-hydrogen) atoms. The van der Waals surface area contributed by atoms with Gasteiger partial charge in [0, 0.05) is 52.2 Å². The topological polar surface area (TPSA) is 75.3 Å². The molecule has 0 bridgehead atoms. The normalized spacial score (nSPS) is 18.4. The molecule has 1 aliphatic heterocycles. The Hall–Kier alpha value is -2.51. The van der Waals surface area contributed by atoms with Crippen LogP contribution in [0.25, 0.3) is 0 Å². The Morgan fingerprint density at radius 3 is 2.88 bits per heavy atom. The van der Waals surface area contributed by atoms with Gasteiger partial charge in [0.2, 0.25) is 0 Å². The highest BCUT2D eigenvalue weighted by Crippen LogP contribution is 2.18. The standard InChI is InChI=1S/C17H28N8/c1-14-9-21-25(11-14)8-6-19-17(18-2)22-15-5-4-7-24(12-15)16-10-20-23(3)13-16/h9-11,13,15H,4-8,12H2,1-3H3,(H2,18,19,22). The molecule has 3 rings (SSSR count). The van der Waals surface area contributed by atoms with Gasteiger partial charge in [0.05, 0.1) is 24.6 Å². The van der Waals surface area contributed by atoms with Crippen molar-refractivity contribution in [1.29, 1.82) is 0 Å². The van der Waals surface area contributed by atoms with Gasteiger partial charge < -0.3 is 15.5 Å². The van der Waals surface area contributed by atoms with Crippen molar-refractivity contribution in [3.8, 4) is 0 Å². The summed E-state index contributed by atoms with van der Waals surface area (Å²) >= 11 is 0. The van der Waals surface area contributed by atoms with Crippen molar-refractivity contribution in [1.82, 2.24) is 30.2 Å². The molecule has 0 radical (unpaired) electrons. The van der Waals surface area contributed by atoms with E-state index in [1.165, 1.54) is 11.3 Å². The van der Waals surface area contributed by atoms with Crippen molar-refractivity contribution >= 4 is 11.6 Å². The lowest BCUT2D eigenvalue weighted by Gasteiger charge is -2.34. The van der Waals surface area contributed by atoms with Crippen LogP contribution in [-0.2, 0) is 13.6 Å². The van der Waals surface area contributed by atoms with E-state index in [1.807, 2.05) is 42.0 Å². The summed E-state index contributed by atoms with van der Waals surface area (Å²) in [6.07, 6.45) is 10.2. The SMILES string of the molecule is CN=C(NCCn1cc(C)cn1)NC1CCCN(c2cnn(C)c2)C1. The highest BCUT2D eigenvalue weighted by molar-refractivity contribution is 5.80. The zero-order valence-electron chi connectivity index (χ0n) is 15.3. The number of hydrogen-bond acceptors (Lipinski definition) is 4. The van der Waals surface area contributed by atoms with Gasteiger partial charge in [0.15, 0.2) is 5.96 Å². The number of piperidine rings is 1. The van der Waals surface area contributed by atoms with Crippen LogP contribution >= 0.6 is 0 Å². The molecule has 1 unspecified atom stereocenters. The lowest BCUT2D eigenvalue weighted by Crippen LogP contribution is -2.51. The Balaban J connectivity index is 1.47. The molecule has 0 saturated carbocycles. The molecule has 1 aliphatic rings. The average molecular weight is 344 g/mol. The molecule has 2 aromatic rings. The number of hydrogen-bond donors (Lipinski definition) is 2. The van der Waals surface area contributed by atoms with Gasteiger partial charge in [-0.15, -0.1) is 0 Å². The number of nitrogens with one attached hydrogen (secondary N) is 2. The zero-order chi connectivity index (χ0) is 17.6. The monoisotopic (exact) mass is 344 g/mol. The molecule has 0 aliphatic carbocycles. The summed E-state index contributed by atoms with van der Waals surface area (Å²) in [6.45, 7) is 5.70. The number of anilines is 1. The smallest absolute Gasteiger partial charge is 0.191 e. The predicted molar refractivity (Wildman–Crippen MR) is 99.9 cm³/mol. The summed E-state index contributed by atoms with van der Waals surface area (Å²) in [7, 11) is 3.77. The van der Waals surface area contributed by atoms with Crippen molar-refractivity contribution in [3.05, 3.63) is 30.4 Å². The fourth-order valence-electron chi connectivity index (χ4n) is 3.17. The van der Waals surface area contributed by atoms with Gasteiger partial charge in [-0.2, -0.15) is 10.2 Å². The number of rotatable bonds is 5. The number of nitrogens with zero attached hydrogens (tertiary/aromatic N) is 6. The van der Waals surface area contributed by atoms with Crippen LogP contribution in [0.1, 0.15) is 18.4 Å². The van der Waals surface area contributed by atoms with E-state index in [4.69, 9.17) is 0 Å². The third-order valence-electron chi connectivity index (χ3n) is 4.44. The number of aromatic nitrogens is 4. The zero-order valence-corrected chi connectivity index (χ0v) is 15.3. The van der Waals surface area contributed by atoms with Gasteiger partial charge in [-0.05, 0) is 25.3 Å². The molecule has 0 spiro atoms. The van der Waals surface area contributed by atoms with Gasteiger partial charge >= 0.3 is 0 Å². The fraction of sp³-hybridized carbons (Fsp3) is 0.588. The van der Waals surface area contributed by atoms with Crippen molar-refractivity contribution in [2.24, 2.45) is 12.0 Å². The Morgan fingerprint density at radius 1 is 1.32 bits per heavy atom. The largest absolute Gasteiger partial charge is 0.367 e. The van der Waals surface area contributed by atoms with Crippen LogP contribution in [0.4, 0.5) is 5.69 Å². The Kier molecular flexibility index (Phi) is 5.57. The minimum atomic E-state index is 0.382. The van der Waals surface area contributed by atoms with Crippen LogP contribution in [-0.4, -0.2) is 58.2 Å². The summed E-state index contributed by atoms with van der Waals surface area (Å²) in [5.41, 5.74) is 2.37. The van der Waals surface area contributed by atoms with Gasteiger partial charge in [-0.25, -0.2) is 0 Å². The second-order valence-corrected chi connectivity index (χ2v) is 6.58. The van der Waals surface area contributed by atoms with E-state index in [0.717, 1.165) is 45.0 Å². The molecule has 3 heterocycles. The minimum absolute atomic E-state index is 0.382. The first-order valence-corrected chi connectivity index (χ1v) is 8.84. The summed E-state index contributed by atoms with van der Waals surface area (Å²) in [4.78, 5) is 6.73. The maximum atomic E-state index is 4.35. The summed E-state index contributed by atoms with van der Waals surface area (Å²) in [6, 6.07) is 0.382. The van der Waals surface area contributed by atoms with Crippen LogP contribution < -0.4 is 15.5 Å². The van der Waals surface area contributed by atoms with E-state index in [9.17, 15) is 0 Å². The summed E-state index contributed by atoms with van der Waals surface area (Å²) < 4.78 is 3.80. The maximum Gasteiger partial charge on any atom is 0.191 e. The predicted octanol–water partition coefficient (Wildman–Crippen LogP) is 0.759. The minimum Gasteiger partial charge on any atom is -0.367 e. The van der Waals surface area contributed by atoms with Crippen LogP contribution in [0.5, 0.6) is 0 Å². The van der Waals surface area contributed by atoms with Crippen molar-refractivity contribution in [2.75, 3.05) is 31.6 Å². The molecule has 0 amide bonds. The highest BCUT2D eigenvalue weighted by Gasteiger charge is 2.21. The molecule has 1 atom stereocenters. The molecule has 2 aromatic heterocycles. The Bertz CT molecular complexity index is 701. The van der Waals surface area contributed by atoms with E-state index in [2.05, 4.69) is 43.8 Å². The summed E-state index contributed by atoms with van der Waals surface area (Å²) in [5.74, 6) is 0.849. The van der Waals surface area contributed by atoms with Gasteiger partial charge in [0.25, 0.3) is 0 Å². The second-order valence-electron chi connectivity index (χ2n) is 6.58. The van der Waals surface area contributed by atoms with E-state index in [-0.39, 0.29) is 0 Å². The third-order valence-corrected chi connectivity index (χ3v) is 4.44. The average Bonchev–Trinajstić information content (AvgIpc) is 3.22. The molecular weight excluding hydrogens is 316 g/mol. The first-order chi connectivity index (χ1) is 12.1. The van der Waals surface area contributed by atoms with E-state index < -0.39 is 0 Å².